The van der Waals surface area contributed by atoms with Gasteiger partial charge in [-0.15, -0.1) is 0 Å². The quantitative estimate of drug-likeness (QED) is 0.502. The van der Waals surface area contributed by atoms with E-state index >= 15 is 0 Å². The number of aromatic nitrogens is 2. The second-order valence-corrected chi connectivity index (χ2v) is 5.65. The fraction of sp³-hybridized carbons (Fsp3) is 0.105. The topological polar surface area (TPSA) is 119 Å². The minimum atomic E-state index is -0.627. The molecule has 2 N–H and O–H groups in total. The summed E-state index contributed by atoms with van der Waals surface area (Å²) in [5, 5.41) is 10.3. The van der Waals surface area contributed by atoms with Gasteiger partial charge in [0.1, 0.15) is 5.75 Å². The Labute approximate surface area is 160 Å². The molecule has 28 heavy (non-hydrogen) atoms. The van der Waals surface area contributed by atoms with Gasteiger partial charge in [0.15, 0.2) is 0 Å². The van der Waals surface area contributed by atoms with Crippen LogP contribution in [-0.2, 0) is 4.79 Å². The zero-order valence-electron chi connectivity index (χ0n) is 15.2. The van der Waals surface area contributed by atoms with E-state index in [1.165, 1.54) is 13.1 Å². The molecule has 0 atom stereocenters. The Kier molecular flexibility index (Phi) is 5.75. The van der Waals surface area contributed by atoms with Crippen LogP contribution in [-0.4, -0.2) is 35.3 Å². The third kappa shape index (κ3) is 4.79. The van der Waals surface area contributed by atoms with E-state index < -0.39 is 5.91 Å². The first-order valence-corrected chi connectivity index (χ1v) is 8.24. The maximum atomic E-state index is 12.1. The van der Waals surface area contributed by atoms with Gasteiger partial charge < -0.3 is 14.6 Å². The average Bonchev–Trinajstić information content (AvgIpc) is 3.19. The van der Waals surface area contributed by atoms with Crippen LogP contribution < -0.4 is 15.5 Å². The molecular weight excluding hydrogens is 362 g/mol. The molecule has 1 aromatic heterocycles. The molecule has 1 heterocycles. The molecule has 0 bridgehead atoms. The molecule has 0 spiro atoms. The maximum Gasteiger partial charge on any atom is 0.329 e. The van der Waals surface area contributed by atoms with Crippen molar-refractivity contribution in [3.63, 3.8) is 0 Å². The number of amides is 2. The summed E-state index contributed by atoms with van der Waals surface area (Å²) in [7, 11) is 1.57. The molecule has 0 aliphatic rings. The van der Waals surface area contributed by atoms with Gasteiger partial charge in [-0.05, 0) is 42.0 Å². The molecule has 0 aliphatic carbocycles. The standard InChI is InChI=1S/C19H17N5O4/c1-12(25)21-15-7-3-13(4-8-15)11-20-23-18(26)19-22-17(24-28-19)14-5-9-16(27-2)10-6-14/h3-11H,1-2H3,(H,21,25)(H,23,26)/b20-11+. The first-order chi connectivity index (χ1) is 13.5. The number of hydrazone groups is 1. The van der Waals surface area contributed by atoms with E-state index in [2.05, 4.69) is 26.0 Å². The zero-order chi connectivity index (χ0) is 19.9. The molecule has 9 nitrogen and oxygen atoms in total. The summed E-state index contributed by atoms with van der Waals surface area (Å²) < 4.78 is 10.1. The lowest BCUT2D eigenvalue weighted by Crippen LogP contribution is -2.18. The molecule has 9 heteroatoms. The minimum Gasteiger partial charge on any atom is -0.497 e. The highest BCUT2D eigenvalue weighted by Gasteiger charge is 2.15. The predicted molar refractivity (Wildman–Crippen MR) is 102 cm³/mol. The van der Waals surface area contributed by atoms with Gasteiger partial charge in [-0.2, -0.15) is 10.1 Å². The summed E-state index contributed by atoms with van der Waals surface area (Å²) in [6, 6.07) is 14.0. The second-order valence-electron chi connectivity index (χ2n) is 5.65. The highest BCUT2D eigenvalue weighted by Crippen LogP contribution is 2.19. The Hall–Kier alpha value is -4.01. The van der Waals surface area contributed by atoms with Crippen LogP contribution in [0.1, 0.15) is 23.2 Å². The molecule has 142 valence electrons. The van der Waals surface area contributed by atoms with E-state index in [0.717, 1.165) is 5.56 Å². The van der Waals surface area contributed by atoms with Crippen molar-refractivity contribution in [3.05, 3.63) is 60.0 Å². The molecule has 2 amide bonds. The summed E-state index contributed by atoms with van der Waals surface area (Å²) in [6.07, 6.45) is 1.45. The van der Waals surface area contributed by atoms with Gasteiger partial charge in [0, 0.05) is 18.2 Å². The summed E-state index contributed by atoms with van der Waals surface area (Å²) in [5.41, 5.74) is 4.42. The van der Waals surface area contributed by atoms with Crippen LogP contribution in [0.2, 0.25) is 0 Å². The molecule has 3 aromatic rings. The Morgan fingerprint density at radius 3 is 2.46 bits per heavy atom. The fourth-order valence-electron chi connectivity index (χ4n) is 2.24. The van der Waals surface area contributed by atoms with Crippen molar-refractivity contribution in [2.24, 2.45) is 5.10 Å². The van der Waals surface area contributed by atoms with Crippen LogP contribution >= 0.6 is 0 Å². The normalized spacial score (nSPS) is 10.6. The first-order valence-electron chi connectivity index (χ1n) is 8.24. The van der Waals surface area contributed by atoms with Gasteiger partial charge >= 0.3 is 11.8 Å². The van der Waals surface area contributed by atoms with Gasteiger partial charge in [0.25, 0.3) is 0 Å². The summed E-state index contributed by atoms with van der Waals surface area (Å²) in [5.74, 6) is -0.000372. The SMILES string of the molecule is COc1ccc(-c2noc(C(=O)N/N=C/c3ccc(NC(C)=O)cc3)n2)cc1. The number of anilines is 1. The number of carbonyl (C=O) groups is 2. The van der Waals surface area contributed by atoms with Crippen molar-refractivity contribution in [1.82, 2.24) is 15.6 Å². The Morgan fingerprint density at radius 1 is 1.11 bits per heavy atom. The molecule has 0 aliphatic heterocycles. The number of nitrogens with zero attached hydrogens (tertiary/aromatic N) is 3. The number of benzene rings is 2. The average molecular weight is 379 g/mol. The minimum absolute atomic E-state index is 0.151. The number of nitrogens with one attached hydrogen (secondary N) is 2. The van der Waals surface area contributed by atoms with Crippen molar-refractivity contribution in [2.75, 3.05) is 12.4 Å². The number of hydrogen-bond donors (Lipinski definition) is 2. The van der Waals surface area contributed by atoms with E-state index in [1.807, 2.05) is 0 Å². The van der Waals surface area contributed by atoms with Crippen LogP contribution in [0.15, 0.2) is 58.2 Å². The van der Waals surface area contributed by atoms with E-state index in [4.69, 9.17) is 9.26 Å². The van der Waals surface area contributed by atoms with Crippen molar-refractivity contribution < 1.29 is 18.8 Å². The molecule has 0 saturated heterocycles. The Bertz CT molecular complexity index is 994. The Morgan fingerprint density at radius 2 is 1.82 bits per heavy atom. The number of methoxy groups -OCH3 is 1. The third-order valence-electron chi connectivity index (χ3n) is 3.58. The van der Waals surface area contributed by atoms with Crippen LogP contribution in [0.3, 0.4) is 0 Å². The van der Waals surface area contributed by atoms with Gasteiger partial charge in [0.05, 0.1) is 13.3 Å². The highest BCUT2D eigenvalue weighted by molar-refractivity contribution is 5.91. The first kappa shape index (κ1) is 18.8. The lowest BCUT2D eigenvalue weighted by atomic mass is 10.2. The zero-order valence-corrected chi connectivity index (χ0v) is 15.2. The highest BCUT2D eigenvalue weighted by atomic mass is 16.5. The van der Waals surface area contributed by atoms with E-state index in [1.54, 1.807) is 55.6 Å². The summed E-state index contributed by atoms with van der Waals surface area (Å²) >= 11 is 0. The third-order valence-corrected chi connectivity index (χ3v) is 3.58. The lowest BCUT2D eigenvalue weighted by molar-refractivity contribution is -0.114. The molecule has 2 aromatic carbocycles. The van der Waals surface area contributed by atoms with Crippen molar-refractivity contribution in [3.8, 4) is 17.1 Å². The van der Waals surface area contributed by atoms with Crippen LogP contribution in [0.5, 0.6) is 5.75 Å². The molecule has 3 rings (SSSR count). The predicted octanol–water partition coefficient (Wildman–Crippen LogP) is 2.47. The molecular formula is C19H17N5O4. The Balaban J connectivity index is 1.59. The number of rotatable bonds is 6. The molecule has 0 unspecified atom stereocenters. The van der Waals surface area contributed by atoms with E-state index in [0.29, 0.717) is 17.0 Å². The van der Waals surface area contributed by atoms with Crippen LogP contribution in [0.25, 0.3) is 11.4 Å². The number of ether oxygens (including phenoxy) is 1. The van der Waals surface area contributed by atoms with Gasteiger partial charge in [-0.25, -0.2) is 5.43 Å². The van der Waals surface area contributed by atoms with E-state index in [-0.39, 0.29) is 17.6 Å². The summed E-state index contributed by atoms with van der Waals surface area (Å²) in [4.78, 5) is 27.1. The molecule has 0 radical (unpaired) electrons. The van der Waals surface area contributed by atoms with E-state index in [9.17, 15) is 9.59 Å². The lowest BCUT2D eigenvalue weighted by Gasteiger charge is -2.01. The largest absolute Gasteiger partial charge is 0.497 e. The van der Waals surface area contributed by atoms with Crippen molar-refractivity contribution in [1.29, 1.82) is 0 Å². The van der Waals surface area contributed by atoms with Crippen molar-refractivity contribution >= 4 is 23.7 Å². The van der Waals surface area contributed by atoms with Gasteiger partial charge in [-0.3, -0.25) is 9.59 Å². The monoisotopic (exact) mass is 379 g/mol. The molecule has 0 fully saturated rings. The molecule has 0 saturated carbocycles. The van der Waals surface area contributed by atoms with Crippen LogP contribution in [0.4, 0.5) is 5.69 Å². The number of hydrogen-bond acceptors (Lipinski definition) is 7. The van der Waals surface area contributed by atoms with Crippen molar-refractivity contribution in [2.45, 2.75) is 6.92 Å². The summed E-state index contributed by atoms with van der Waals surface area (Å²) in [6.45, 7) is 1.43. The maximum absolute atomic E-state index is 12.1. The van der Waals surface area contributed by atoms with Gasteiger partial charge in [-0.1, -0.05) is 17.3 Å². The number of carbonyl (C=O) groups excluding carboxylic acids is 2. The van der Waals surface area contributed by atoms with Gasteiger partial charge in [0.2, 0.25) is 11.7 Å². The second kappa shape index (κ2) is 8.58. The van der Waals surface area contributed by atoms with Crippen LogP contribution in [0, 0.1) is 0 Å². The fourth-order valence-corrected chi connectivity index (χ4v) is 2.24. The smallest absolute Gasteiger partial charge is 0.329 e.